The number of aryl methyl sites for hydroxylation is 1. The summed E-state index contributed by atoms with van der Waals surface area (Å²) in [5.74, 6) is 0.231. The van der Waals surface area contributed by atoms with Crippen LogP contribution in [0.15, 0.2) is 18.3 Å². The van der Waals surface area contributed by atoms with Gasteiger partial charge in [-0.15, -0.1) is 0 Å². The number of methoxy groups -OCH3 is 1. The summed E-state index contributed by atoms with van der Waals surface area (Å²) in [6.45, 7) is 5.20. The number of pyridine rings is 1. The predicted octanol–water partition coefficient (Wildman–Crippen LogP) is 1.10. The molecule has 2 saturated heterocycles. The van der Waals surface area contributed by atoms with Crippen molar-refractivity contribution in [1.82, 2.24) is 14.8 Å². The van der Waals surface area contributed by atoms with Gasteiger partial charge in [-0.05, 0) is 31.9 Å². The third kappa shape index (κ3) is 2.95. The molecule has 6 nitrogen and oxygen atoms in total. The lowest BCUT2D eigenvalue weighted by molar-refractivity contribution is -0.165. The molecule has 0 unspecified atom stereocenters. The second-order valence-corrected chi connectivity index (χ2v) is 6.48. The van der Waals surface area contributed by atoms with Gasteiger partial charge in [0, 0.05) is 45.2 Å². The fraction of sp³-hybridized carbons (Fsp3) is 0.588. The van der Waals surface area contributed by atoms with Crippen LogP contribution in [-0.4, -0.2) is 66.5 Å². The summed E-state index contributed by atoms with van der Waals surface area (Å²) in [6, 6.07) is 3.66. The van der Waals surface area contributed by atoms with E-state index in [1.54, 1.807) is 13.3 Å². The first-order chi connectivity index (χ1) is 11.1. The van der Waals surface area contributed by atoms with E-state index in [4.69, 9.17) is 4.74 Å². The third-order valence-corrected chi connectivity index (χ3v) is 4.97. The number of ether oxygens (including phenoxy) is 1. The van der Waals surface area contributed by atoms with Gasteiger partial charge in [0.05, 0.1) is 17.6 Å². The Morgan fingerprint density at radius 3 is 2.65 bits per heavy atom. The minimum Gasteiger partial charge on any atom is -0.383 e. The lowest BCUT2D eigenvalue weighted by Crippen LogP contribution is -2.65. The number of hydrogen-bond donors (Lipinski definition) is 0. The Labute approximate surface area is 136 Å². The molecular formula is C17H23N3O3. The van der Waals surface area contributed by atoms with Crippen molar-refractivity contribution in [2.45, 2.75) is 19.8 Å². The Balaban J connectivity index is 1.56. The molecule has 1 aromatic rings. The zero-order valence-corrected chi connectivity index (χ0v) is 13.7. The average Bonchev–Trinajstić information content (AvgIpc) is 2.59. The number of β-lactam (4-membered cyclic amide) rings is 1. The third-order valence-electron chi connectivity index (χ3n) is 4.97. The number of likely N-dealkylation sites (tertiary alicyclic amines) is 2. The van der Waals surface area contributed by atoms with Crippen LogP contribution in [0.2, 0.25) is 0 Å². The van der Waals surface area contributed by atoms with E-state index in [0.29, 0.717) is 31.8 Å². The van der Waals surface area contributed by atoms with Gasteiger partial charge in [-0.1, -0.05) is 0 Å². The molecule has 2 aliphatic heterocycles. The molecule has 2 aliphatic rings. The van der Waals surface area contributed by atoms with Crippen LogP contribution in [0.1, 0.15) is 28.9 Å². The van der Waals surface area contributed by atoms with Gasteiger partial charge in [0.1, 0.15) is 0 Å². The van der Waals surface area contributed by atoms with Gasteiger partial charge >= 0.3 is 0 Å². The number of amides is 2. The van der Waals surface area contributed by atoms with Gasteiger partial charge in [0.2, 0.25) is 5.91 Å². The number of hydrogen-bond acceptors (Lipinski definition) is 4. The molecule has 0 saturated carbocycles. The van der Waals surface area contributed by atoms with Crippen LogP contribution in [0.5, 0.6) is 0 Å². The van der Waals surface area contributed by atoms with Crippen molar-refractivity contribution in [3.63, 3.8) is 0 Å². The van der Waals surface area contributed by atoms with Gasteiger partial charge in [-0.2, -0.15) is 0 Å². The summed E-state index contributed by atoms with van der Waals surface area (Å²) >= 11 is 0. The average molecular weight is 317 g/mol. The van der Waals surface area contributed by atoms with Gasteiger partial charge in [0.25, 0.3) is 5.91 Å². The first-order valence-corrected chi connectivity index (χ1v) is 8.06. The first kappa shape index (κ1) is 15.9. The Morgan fingerprint density at radius 2 is 2.09 bits per heavy atom. The second kappa shape index (κ2) is 6.28. The molecule has 3 rings (SSSR count). The number of rotatable bonds is 4. The summed E-state index contributed by atoms with van der Waals surface area (Å²) in [4.78, 5) is 32.7. The maximum atomic E-state index is 12.5. The summed E-state index contributed by atoms with van der Waals surface area (Å²) in [5.41, 5.74) is 1.28. The van der Waals surface area contributed by atoms with Crippen molar-refractivity contribution in [2.24, 2.45) is 5.41 Å². The molecule has 2 amide bonds. The number of nitrogens with zero attached hydrogens (tertiary/aromatic N) is 3. The lowest BCUT2D eigenvalue weighted by atomic mass is 9.71. The van der Waals surface area contributed by atoms with Crippen LogP contribution < -0.4 is 0 Å². The van der Waals surface area contributed by atoms with E-state index in [2.05, 4.69) is 4.98 Å². The fourth-order valence-electron chi connectivity index (χ4n) is 3.42. The quantitative estimate of drug-likeness (QED) is 0.780. The molecule has 2 fully saturated rings. The monoisotopic (exact) mass is 317 g/mol. The van der Waals surface area contributed by atoms with Crippen molar-refractivity contribution in [2.75, 3.05) is 39.9 Å². The van der Waals surface area contributed by atoms with Gasteiger partial charge in [-0.25, -0.2) is 0 Å². The SMILES string of the molecule is COCCN1CC2(CCN(C(=O)c3ccc(C)nc3)CC2)C1=O. The summed E-state index contributed by atoms with van der Waals surface area (Å²) < 4.78 is 5.03. The fourth-order valence-corrected chi connectivity index (χ4v) is 3.42. The molecule has 0 N–H and O–H groups in total. The van der Waals surface area contributed by atoms with Crippen molar-refractivity contribution < 1.29 is 14.3 Å². The van der Waals surface area contributed by atoms with E-state index in [9.17, 15) is 9.59 Å². The Hall–Kier alpha value is -1.95. The Morgan fingerprint density at radius 1 is 1.35 bits per heavy atom. The topological polar surface area (TPSA) is 62.7 Å². The smallest absolute Gasteiger partial charge is 0.255 e. The maximum absolute atomic E-state index is 12.5. The highest BCUT2D eigenvalue weighted by Gasteiger charge is 2.53. The van der Waals surface area contributed by atoms with Gasteiger partial charge in [0.15, 0.2) is 0 Å². The standard InChI is InChI=1S/C17H23N3O3/c1-13-3-4-14(11-18-13)15(21)19-7-5-17(6-8-19)12-20(16(17)22)9-10-23-2/h3-4,11H,5-10,12H2,1-2H3. The summed E-state index contributed by atoms with van der Waals surface area (Å²) in [7, 11) is 1.64. The van der Waals surface area contributed by atoms with E-state index in [-0.39, 0.29) is 17.2 Å². The molecule has 0 aromatic carbocycles. The molecule has 6 heteroatoms. The maximum Gasteiger partial charge on any atom is 0.255 e. The molecule has 1 aromatic heterocycles. The molecule has 0 bridgehead atoms. The highest BCUT2D eigenvalue weighted by atomic mass is 16.5. The molecule has 1 spiro atoms. The number of carbonyl (C=O) groups is 2. The van der Waals surface area contributed by atoms with Crippen LogP contribution in [0.25, 0.3) is 0 Å². The van der Waals surface area contributed by atoms with Gasteiger partial charge in [-0.3, -0.25) is 14.6 Å². The zero-order valence-electron chi connectivity index (χ0n) is 13.7. The number of carbonyl (C=O) groups excluding carboxylic acids is 2. The van der Waals surface area contributed by atoms with Crippen molar-refractivity contribution >= 4 is 11.8 Å². The summed E-state index contributed by atoms with van der Waals surface area (Å²) in [5, 5.41) is 0. The van der Waals surface area contributed by atoms with Crippen LogP contribution >= 0.6 is 0 Å². The normalized spacial score (nSPS) is 19.8. The highest BCUT2D eigenvalue weighted by Crippen LogP contribution is 2.41. The molecule has 0 aliphatic carbocycles. The lowest BCUT2D eigenvalue weighted by Gasteiger charge is -2.52. The highest BCUT2D eigenvalue weighted by molar-refractivity contribution is 5.94. The molecule has 124 valence electrons. The number of piperidine rings is 1. The van der Waals surface area contributed by atoms with E-state index in [0.717, 1.165) is 25.1 Å². The van der Waals surface area contributed by atoms with Crippen molar-refractivity contribution in [1.29, 1.82) is 0 Å². The van der Waals surface area contributed by atoms with E-state index >= 15 is 0 Å². The predicted molar refractivity (Wildman–Crippen MR) is 85.0 cm³/mol. The molecule has 0 radical (unpaired) electrons. The second-order valence-electron chi connectivity index (χ2n) is 6.48. The largest absolute Gasteiger partial charge is 0.383 e. The zero-order chi connectivity index (χ0) is 16.4. The Bertz CT molecular complexity index is 592. The minimum absolute atomic E-state index is 0.00959. The van der Waals surface area contributed by atoms with Crippen molar-refractivity contribution in [3.8, 4) is 0 Å². The van der Waals surface area contributed by atoms with E-state index in [1.807, 2.05) is 28.9 Å². The molecule has 3 heterocycles. The Kier molecular flexibility index (Phi) is 4.35. The van der Waals surface area contributed by atoms with E-state index < -0.39 is 0 Å². The van der Waals surface area contributed by atoms with Crippen LogP contribution in [0.4, 0.5) is 0 Å². The van der Waals surface area contributed by atoms with Gasteiger partial charge < -0.3 is 14.5 Å². The molecular weight excluding hydrogens is 294 g/mol. The number of aromatic nitrogens is 1. The first-order valence-electron chi connectivity index (χ1n) is 8.06. The molecule has 23 heavy (non-hydrogen) atoms. The van der Waals surface area contributed by atoms with Crippen LogP contribution in [0, 0.1) is 12.3 Å². The van der Waals surface area contributed by atoms with Crippen molar-refractivity contribution in [3.05, 3.63) is 29.6 Å². The minimum atomic E-state index is -0.240. The van der Waals surface area contributed by atoms with E-state index in [1.165, 1.54) is 0 Å². The summed E-state index contributed by atoms with van der Waals surface area (Å²) in [6.07, 6.45) is 3.13. The molecule has 0 atom stereocenters. The van der Waals surface area contributed by atoms with Crippen LogP contribution in [0.3, 0.4) is 0 Å². The van der Waals surface area contributed by atoms with Crippen LogP contribution in [-0.2, 0) is 9.53 Å².